The van der Waals surface area contributed by atoms with Crippen molar-refractivity contribution in [1.82, 2.24) is 31.9 Å². The van der Waals surface area contributed by atoms with Gasteiger partial charge in [-0.1, -0.05) is 44.2 Å². The van der Waals surface area contributed by atoms with E-state index >= 15 is 0 Å². The van der Waals surface area contributed by atoms with E-state index in [1.165, 1.54) is 6.92 Å². The van der Waals surface area contributed by atoms with Crippen molar-refractivity contribution in [2.24, 2.45) is 22.4 Å². The molecule has 6 amide bonds. The second-order valence-corrected chi connectivity index (χ2v) is 11.8. The molecule has 4 atom stereocenters. The van der Waals surface area contributed by atoms with Gasteiger partial charge < -0.3 is 43.4 Å². The van der Waals surface area contributed by atoms with Crippen LogP contribution in [0.25, 0.3) is 0 Å². The first kappa shape index (κ1) is 37.5. The molecule has 0 bridgehead atoms. The number of nitrogens with zero attached hydrogens (tertiary/aromatic N) is 1. The molecular formula is C31H49N9O6. The number of hydrogen-bond donors (Lipinski definition) is 8. The van der Waals surface area contributed by atoms with Gasteiger partial charge >= 0.3 is 0 Å². The molecule has 1 saturated heterocycles. The van der Waals surface area contributed by atoms with Gasteiger partial charge in [0.15, 0.2) is 5.96 Å². The maximum absolute atomic E-state index is 13.7. The first-order chi connectivity index (χ1) is 21.8. The highest BCUT2D eigenvalue weighted by molar-refractivity contribution is 5.96. The Bertz CT molecular complexity index is 1220. The Hall–Kier alpha value is -4.69. The van der Waals surface area contributed by atoms with Crippen LogP contribution in [0.4, 0.5) is 0 Å². The Morgan fingerprint density at radius 1 is 0.957 bits per heavy atom. The fraction of sp³-hybridized carbons (Fsp3) is 0.581. The van der Waals surface area contributed by atoms with Crippen molar-refractivity contribution in [3.05, 3.63) is 35.9 Å². The number of benzene rings is 1. The number of carbonyl (C=O) groups is 6. The molecule has 15 nitrogen and oxygen atoms in total. The van der Waals surface area contributed by atoms with Crippen molar-refractivity contribution in [3.63, 3.8) is 0 Å². The second-order valence-electron chi connectivity index (χ2n) is 11.8. The third kappa shape index (κ3) is 14.4. The van der Waals surface area contributed by atoms with Gasteiger partial charge in [-0.3, -0.25) is 33.8 Å². The van der Waals surface area contributed by atoms with Gasteiger partial charge in [-0.05, 0) is 50.0 Å². The van der Waals surface area contributed by atoms with E-state index in [0.717, 1.165) is 5.56 Å². The molecule has 1 aliphatic heterocycles. The molecule has 0 aromatic heterocycles. The normalized spacial score (nSPS) is 20.7. The van der Waals surface area contributed by atoms with Gasteiger partial charge in [-0.2, -0.15) is 0 Å². The molecular weight excluding hydrogens is 594 g/mol. The van der Waals surface area contributed by atoms with Crippen LogP contribution in [0, 0.1) is 5.92 Å². The molecule has 1 aliphatic rings. The van der Waals surface area contributed by atoms with Gasteiger partial charge in [0.1, 0.15) is 24.2 Å². The van der Waals surface area contributed by atoms with Gasteiger partial charge in [0.25, 0.3) is 0 Å². The third-order valence-electron chi connectivity index (χ3n) is 7.19. The number of aliphatic imine (C=N–C) groups is 1. The number of nitrogens with one attached hydrogen (secondary N) is 6. The fourth-order valence-electron chi connectivity index (χ4n) is 4.92. The molecule has 254 valence electrons. The minimum atomic E-state index is -1.05. The van der Waals surface area contributed by atoms with Crippen molar-refractivity contribution in [2.45, 2.75) is 89.9 Å². The minimum Gasteiger partial charge on any atom is -0.370 e. The van der Waals surface area contributed by atoms with Crippen LogP contribution < -0.4 is 43.4 Å². The molecule has 15 heteroatoms. The summed E-state index contributed by atoms with van der Waals surface area (Å²) in [6, 6.07) is 5.07. The van der Waals surface area contributed by atoms with Crippen molar-refractivity contribution in [2.75, 3.05) is 19.6 Å². The average molecular weight is 644 g/mol. The van der Waals surface area contributed by atoms with Crippen molar-refractivity contribution >= 4 is 41.4 Å². The molecule has 46 heavy (non-hydrogen) atoms. The molecule has 2 unspecified atom stereocenters. The lowest BCUT2D eigenvalue weighted by molar-refractivity contribution is -0.135. The van der Waals surface area contributed by atoms with E-state index in [2.05, 4.69) is 36.9 Å². The lowest BCUT2D eigenvalue weighted by atomic mass is 10.00. The summed E-state index contributed by atoms with van der Waals surface area (Å²) in [5.74, 6) is -3.20. The zero-order valence-corrected chi connectivity index (χ0v) is 26.9. The summed E-state index contributed by atoms with van der Waals surface area (Å²) >= 11 is 0. The van der Waals surface area contributed by atoms with E-state index in [1.54, 1.807) is 0 Å². The van der Waals surface area contributed by atoms with E-state index in [9.17, 15) is 28.8 Å². The summed E-state index contributed by atoms with van der Waals surface area (Å²) in [6.07, 6.45) is 2.17. The molecule has 0 saturated carbocycles. The van der Waals surface area contributed by atoms with E-state index in [-0.39, 0.29) is 57.2 Å². The largest absolute Gasteiger partial charge is 0.370 e. The third-order valence-corrected chi connectivity index (χ3v) is 7.19. The predicted octanol–water partition coefficient (Wildman–Crippen LogP) is -1.30. The summed E-state index contributed by atoms with van der Waals surface area (Å²) < 4.78 is 0. The topological polar surface area (TPSA) is 239 Å². The quantitative estimate of drug-likeness (QED) is 0.0817. The monoisotopic (exact) mass is 643 g/mol. The van der Waals surface area contributed by atoms with E-state index in [0.29, 0.717) is 19.3 Å². The van der Waals surface area contributed by atoms with Crippen molar-refractivity contribution in [3.8, 4) is 0 Å². The molecule has 0 spiro atoms. The highest BCUT2D eigenvalue weighted by Crippen LogP contribution is 2.11. The van der Waals surface area contributed by atoms with Crippen LogP contribution in [0.3, 0.4) is 0 Å². The maximum Gasteiger partial charge on any atom is 0.243 e. The minimum absolute atomic E-state index is 0.00542. The Balaban J connectivity index is 2.31. The van der Waals surface area contributed by atoms with Crippen molar-refractivity contribution < 1.29 is 28.8 Å². The smallest absolute Gasteiger partial charge is 0.243 e. The number of amides is 6. The van der Waals surface area contributed by atoms with E-state index in [4.69, 9.17) is 11.5 Å². The Kier molecular flexibility index (Phi) is 16.0. The average Bonchev–Trinajstić information content (AvgIpc) is 2.99. The molecule has 1 heterocycles. The number of nitrogens with two attached hydrogens (primary N) is 2. The van der Waals surface area contributed by atoms with Crippen molar-refractivity contribution in [1.29, 1.82) is 0 Å². The molecule has 0 radical (unpaired) electrons. The summed E-state index contributed by atoms with van der Waals surface area (Å²) in [4.78, 5) is 81.9. The van der Waals surface area contributed by atoms with E-state index < -0.39 is 59.6 Å². The van der Waals surface area contributed by atoms with E-state index in [1.807, 2.05) is 44.2 Å². The molecule has 0 aliphatic carbocycles. The van der Waals surface area contributed by atoms with Gasteiger partial charge in [0.2, 0.25) is 35.4 Å². The molecule has 1 aromatic rings. The highest BCUT2D eigenvalue weighted by atomic mass is 16.2. The van der Waals surface area contributed by atoms with Gasteiger partial charge in [0.05, 0.1) is 6.54 Å². The Morgan fingerprint density at radius 2 is 1.65 bits per heavy atom. The van der Waals surface area contributed by atoms with Gasteiger partial charge in [0, 0.05) is 26.4 Å². The molecule has 1 fully saturated rings. The van der Waals surface area contributed by atoms with Crippen LogP contribution in [0.1, 0.15) is 64.9 Å². The van der Waals surface area contributed by atoms with Crippen LogP contribution in [0.2, 0.25) is 0 Å². The standard InChI is InChI=1S/C31H49N9O6/c1-19(2)16-24-30(46)40-25(17-21-10-5-4-6-11-21)27(43)36-18-26(42)34-14-8-7-12-23(29(45)39-24)38-28(44)22(37-20(3)41)13-9-15-35-31(32)33/h4-6,10-11,19,22-25H,7-9,12-18H2,1-3H3,(H,34,42)(H,36,43)(H,37,41)(H,38,44)(H,39,45)(H,40,46)(H4,32,33,35)/t22-,23-,24?,25?/m0/s1. The van der Waals surface area contributed by atoms with Crippen LogP contribution in [0.5, 0.6) is 0 Å². The van der Waals surface area contributed by atoms with Crippen LogP contribution in [-0.2, 0) is 35.2 Å². The number of guanidine groups is 1. The summed E-state index contributed by atoms with van der Waals surface area (Å²) in [6.45, 7) is 5.34. The zero-order chi connectivity index (χ0) is 34.1. The summed E-state index contributed by atoms with van der Waals surface area (Å²) in [7, 11) is 0. The summed E-state index contributed by atoms with van der Waals surface area (Å²) in [5.41, 5.74) is 11.5. The Morgan fingerprint density at radius 3 is 2.30 bits per heavy atom. The zero-order valence-electron chi connectivity index (χ0n) is 26.9. The molecule has 2 rings (SSSR count). The van der Waals surface area contributed by atoms with Crippen LogP contribution in [-0.4, -0.2) is 85.2 Å². The highest BCUT2D eigenvalue weighted by Gasteiger charge is 2.31. The SMILES string of the molecule is CC(=O)N[C@@H](CCCN=C(N)N)C(=O)N[C@H]1CCCCNC(=O)CNC(=O)C(Cc2ccccc2)NC(=O)C(CC(C)C)NC1=O. The first-order valence-corrected chi connectivity index (χ1v) is 15.7. The lowest BCUT2D eigenvalue weighted by Crippen LogP contribution is -2.59. The predicted molar refractivity (Wildman–Crippen MR) is 173 cm³/mol. The Labute approximate surface area is 269 Å². The number of hydrogen-bond acceptors (Lipinski definition) is 7. The maximum atomic E-state index is 13.7. The van der Waals surface area contributed by atoms with Gasteiger partial charge in [-0.15, -0.1) is 0 Å². The molecule has 10 N–H and O–H groups in total. The second kappa shape index (κ2) is 19.6. The van der Waals surface area contributed by atoms with Gasteiger partial charge in [-0.25, -0.2) is 0 Å². The molecule has 1 aromatic carbocycles. The number of carbonyl (C=O) groups excluding carboxylic acids is 6. The van der Waals surface area contributed by atoms with Crippen LogP contribution in [0.15, 0.2) is 35.3 Å². The first-order valence-electron chi connectivity index (χ1n) is 15.7. The lowest BCUT2D eigenvalue weighted by Gasteiger charge is -2.27. The number of rotatable bonds is 11. The van der Waals surface area contributed by atoms with Crippen LogP contribution >= 0.6 is 0 Å². The fourth-order valence-corrected chi connectivity index (χ4v) is 4.92. The summed E-state index contributed by atoms with van der Waals surface area (Å²) in [5, 5.41) is 16.2.